The molecule has 0 amide bonds. The fourth-order valence-electron chi connectivity index (χ4n) is 2.26. The Labute approximate surface area is 131 Å². The van der Waals surface area contributed by atoms with Gasteiger partial charge in [0, 0.05) is 18.3 Å². The van der Waals surface area contributed by atoms with Crippen molar-refractivity contribution in [2.24, 2.45) is 7.05 Å². The minimum Gasteiger partial charge on any atom is -0.477 e. The minimum absolute atomic E-state index is 0.265. The van der Waals surface area contributed by atoms with Gasteiger partial charge in [-0.25, -0.2) is 4.79 Å². The van der Waals surface area contributed by atoms with Gasteiger partial charge in [-0.3, -0.25) is 4.79 Å². The van der Waals surface area contributed by atoms with Crippen molar-refractivity contribution in [1.82, 2.24) is 4.57 Å². The molecule has 0 atom stereocenters. The van der Waals surface area contributed by atoms with Gasteiger partial charge in [-0.2, -0.15) is 0 Å². The fraction of sp³-hybridized carbons (Fsp3) is 0.200. The van der Waals surface area contributed by atoms with E-state index in [1.165, 1.54) is 4.57 Å². The molecule has 0 saturated carbocycles. The van der Waals surface area contributed by atoms with Gasteiger partial charge in [0.15, 0.2) is 0 Å². The molecule has 0 bridgehead atoms. The summed E-state index contributed by atoms with van der Waals surface area (Å²) in [7, 11) is 1.55. The third-order valence-electron chi connectivity index (χ3n) is 3.61. The summed E-state index contributed by atoms with van der Waals surface area (Å²) >= 11 is 11.9. The molecule has 2 rings (SSSR count). The molecule has 0 aliphatic carbocycles. The highest BCUT2D eigenvalue weighted by Crippen LogP contribution is 2.32. The second-order valence-electron chi connectivity index (χ2n) is 4.76. The molecule has 1 N–H and O–H groups in total. The van der Waals surface area contributed by atoms with E-state index in [-0.39, 0.29) is 5.56 Å². The summed E-state index contributed by atoms with van der Waals surface area (Å²) < 4.78 is 1.33. The van der Waals surface area contributed by atoms with Gasteiger partial charge in [-0.15, -0.1) is 0 Å². The zero-order valence-corrected chi connectivity index (χ0v) is 13.2. The van der Waals surface area contributed by atoms with E-state index < -0.39 is 11.5 Å². The van der Waals surface area contributed by atoms with Crippen LogP contribution in [0.2, 0.25) is 10.0 Å². The number of nitrogens with zero attached hydrogens (tertiary/aromatic N) is 1. The molecule has 0 spiro atoms. The van der Waals surface area contributed by atoms with Gasteiger partial charge in [0.25, 0.3) is 5.56 Å². The summed E-state index contributed by atoms with van der Waals surface area (Å²) in [6.45, 7) is 3.54. The number of carbonyl (C=O) groups is 1. The van der Waals surface area contributed by atoms with Gasteiger partial charge in [0.05, 0.1) is 10.0 Å². The van der Waals surface area contributed by atoms with Crippen LogP contribution in [-0.2, 0) is 7.05 Å². The molecular formula is C15H13Cl2NO3. The van der Waals surface area contributed by atoms with Crippen molar-refractivity contribution in [2.75, 3.05) is 0 Å². The number of pyridine rings is 1. The predicted molar refractivity (Wildman–Crippen MR) is 83.6 cm³/mol. The number of carboxylic acids is 1. The lowest BCUT2D eigenvalue weighted by Crippen LogP contribution is -2.28. The fourth-order valence-corrected chi connectivity index (χ4v) is 2.56. The van der Waals surface area contributed by atoms with Gasteiger partial charge in [0.1, 0.15) is 5.56 Å². The number of aromatic carboxylic acids is 1. The number of halogens is 2. The molecule has 0 radical (unpaired) electrons. The number of carboxylic acid groups (broad SMARTS) is 1. The Balaban J connectivity index is 2.94. The molecule has 2 aromatic rings. The van der Waals surface area contributed by atoms with E-state index in [2.05, 4.69) is 0 Å². The van der Waals surface area contributed by atoms with Crippen LogP contribution in [0.25, 0.3) is 11.1 Å². The average molecular weight is 326 g/mol. The molecule has 0 saturated heterocycles. The van der Waals surface area contributed by atoms with Crippen molar-refractivity contribution in [3.8, 4) is 11.1 Å². The third kappa shape index (κ3) is 2.57. The van der Waals surface area contributed by atoms with Crippen molar-refractivity contribution < 1.29 is 9.90 Å². The summed E-state index contributed by atoms with van der Waals surface area (Å²) in [6.07, 6.45) is 0. The van der Waals surface area contributed by atoms with Crippen LogP contribution in [0.3, 0.4) is 0 Å². The Hall–Kier alpha value is -1.78. The van der Waals surface area contributed by atoms with Crippen molar-refractivity contribution >= 4 is 29.2 Å². The molecular weight excluding hydrogens is 313 g/mol. The molecule has 1 aromatic carbocycles. The highest BCUT2D eigenvalue weighted by atomic mass is 35.5. The first kappa shape index (κ1) is 15.6. The van der Waals surface area contributed by atoms with Crippen molar-refractivity contribution in [3.05, 3.63) is 55.4 Å². The van der Waals surface area contributed by atoms with E-state index >= 15 is 0 Å². The normalized spacial score (nSPS) is 10.7. The van der Waals surface area contributed by atoms with Gasteiger partial charge in [-0.05, 0) is 37.1 Å². The third-order valence-corrected chi connectivity index (χ3v) is 4.35. The summed E-state index contributed by atoms with van der Waals surface area (Å²) in [5.41, 5.74) is 1.53. The van der Waals surface area contributed by atoms with Crippen LogP contribution in [0.5, 0.6) is 0 Å². The molecule has 0 aliphatic rings. The summed E-state index contributed by atoms with van der Waals surface area (Å²) in [5, 5.41) is 10.1. The van der Waals surface area contributed by atoms with Crippen LogP contribution in [-0.4, -0.2) is 15.6 Å². The monoisotopic (exact) mass is 325 g/mol. The average Bonchev–Trinajstić information content (AvgIpc) is 2.43. The van der Waals surface area contributed by atoms with Crippen LogP contribution in [0.15, 0.2) is 23.0 Å². The van der Waals surface area contributed by atoms with Crippen molar-refractivity contribution in [3.63, 3.8) is 0 Å². The molecule has 0 fully saturated rings. The lowest BCUT2D eigenvalue weighted by atomic mass is 9.95. The van der Waals surface area contributed by atoms with Crippen molar-refractivity contribution in [2.45, 2.75) is 13.8 Å². The number of hydrogen-bond donors (Lipinski definition) is 1. The largest absolute Gasteiger partial charge is 0.477 e. The first-order valence-electron chi connectivity index (χ1n) is 6.14. The maximum Gasteiger partial charge on any atom is 0.341 e. The molecule has 1 heterocycles. The highest BCUT2D eigenvalue weighted by molar-refractivity contribution is 6.42. The lowest BCUT2D eigenvalue weighted by molar-refractivity contribution is 0.0695. The molecule has 6 heteroatoms. The number of aromatic nitrogens is 1. The Bertz CT molecular complexity index is 810. The zero-order valence-electron chi connectivity index (χ0n) is 11.7. The quantitative estimate of drug-likeness (QED) is 0.916. The Morgan fingerprint density at radius 3 is 2.33 bits per heavy atom. The van der Waals surface area contributed by atoms with E-state index in [4.69, 9.17) is 23.2 Å². The van der Waals surface area contributed by atoms with E-state index in [0.717, 1.165) is 0 Å². The van der Waals surface area contributed by atoms with E-state index in [1.807, 2.05) is 0 Å². The number of benzene rings is 1. The minimum atomic E-state index is -1.26. The summed E-state index contributed by atoms with van der Waals surface area (Å²) in [5.74, 6) is -1.26. The van der Waals surface area contributed by atoms with Gasteiger partial charge >= 0.3 is 5.97 Å². The highest BCUT2D eigenvalue weighted by Gasteiger charge is 2.22. The molecule has 21 heavy (non-hydrogen) atoms. The second-order valence-corrected chi connectivity index (χ2v) is 5.57. The summed E-state index contributed by atoms with van der Waals surface area (Å²) in [6, 6.07) is 4.80. The van der Waals surface area contributed by atoms with Crippen LogP contribution in [0, 0.1) is 13.8 Å². The number of hydrogen-bond acceptors (Lipinski definition) is 2. The zero-order chi connectivity index (χ0) is 15.9. The SMILES string of the molecule is Cc1c(-c2ccc(Cl)c(Cl)c2)c(C(=O)O)c(=O)n(C)c1C. The standard InChI is InChI=1S/C15H13Cl2NO3/c1-7-8(2)18(3)14(19)13(15(20)21)12(7)9-4-5-10(16)11(17)6-9/h4-6H,1-3H3,(H,20,21). The lowest BCUT2D eigenvalue weighted by Gasteiger charge is -2.16. The molecule has 110 valence electrons. The molecule has 1 aromatic heterocycles. The van der Waals surface area contributed by atoms with Gasteiger partial charge in [0.2, 0.25) is 0 Å². The Morgan fingerprint density at radius 1 is 1.19 bits per heavy atom. The Morgan fingerprint density at radius 2 is 1.81 bits per heavy atom. The van der Waals surface area contributed by atoms with Crippen LogP contribution in [0.4, 0.5) is 0 Å². The van der Waals surface area contributed by atoms with Crippen LogP contribution in [0.1, 0.15) is 21.6 Å². The number of rotatable bonds is 2. The maximum absolute atomic E-state index is 12.3. The van der Waals surface area contributed by atoms with Gasteiger partial charge < -0.3 is 9.67 Å². The first-order chi connectivity index (χ1) is 9.75. The van der Waals surface area contributed by atoms with Crippen LogP contribution >= 0.6 is 23.2 Å². The predicted octanol–water partition coefficient (Wildman–Crippen LogP) is 3.67. The van der Waals surface area contributed by atoms with E-state index in [9.17, 15) is 14.7 Å². The second kappa shape index (κ2) is 5.54. The smallest absolute Gasteiger partial charge is 0.341 e. The maximum atomic E-state index is 12.3. The molecule has 0 unspecified atom stereocenters. The van der Waals surface area contributed by atoms with E-state index in [0.29, 0.717) is 32.4 Å². The topological polar surface area (TPSA) is 59.3 Å². The first-order valence-corrected chi connectivity index (χ1v) is 6.90. The van der Waals surface area contributed by atoms with Crippen molar-refractivity contribution in [1.29, 1.82) is 0 Å². The van der Waals surface area contributed by atoms with Gasteiger partial charge in [-0.1, -0.05) is 29.3 Å². The van der Waals surface area contributed by atoms with Crippen LogP contribution < -0.4 is 5.56 Å². The van der Waals surface area contributed by atoms with E-state index in [1.54, 1.807) is 39.1 Å². The molecule has 4 nitrogen and oxygen atoms in total. The summed E-state index contributed by atoms with van der Waals surface area (Å²) in [4.78, 5) is 23.8. The Kier molecular flexibility index (Phi) is 4.12. The molecule has 0 aliphatic heterocycles.